The Labute approximate surface area is 182 Å². The summed E-state index contributed by atoms with van der Waals surface area (Å²) in [5.41, 5.74) is 5.39. The highest BCUT2D eigenvalue weighted by atomic mass is 32.2. The molecule has 0 radical (unpaired) electrons. The number of benzene rings is 1. The van der Waals surface area contributed by atoms with Gasteiger partial charge in [-0.05, 0) is 35.1 Å². The number of amides is 1. The standard InChI is InChI=1S/C23H25N5OS/c1-6-19-20(12-24)23(26-22(27(4)5)21(19)25-3)30-14-16-7-8-18-13-28(15(2)29)10-9-17(18)11-16/h7-8,11H,6,9-10,13-14H2,1-2,4-5H3. The first-order valence-corrected chi connectivity index (χ1v) is 10.9. The third-order valence-corrected chi connectivity index (χ3v) is 6.37. The summed E-state index contributed by atoms with van der Waals surface area (Å²) in [5, 5.41) is 10.4. The Hall–Kier alpha value is -3.03. The van der Waals surface area contributed by atoms with Crippen molar-refractivity contribution in [3.8, 4) is 6.07 Å². The van der Waals surface area contributed by atoms with Gasteiger partial charge in [0.25, 0.3) is 0 Å². The molecule has 0 spiro atoms. The van der Waals surface area contributed by atoms with E-state index < -0.39 is 0 Å². The van der Waals surface area contributed by atoms with Crippen LogP contribution in [-0.4, -0.2) is 36.4 Å². The molecule has 7 heteroatoms. The molecule has 1 aromatic carbocycles. The lowest BCUT2D eigenvalue weighted by molar-refractivity contribution is -0.129. The third kappa shape index (κ3) is 4.27. The molecule has 0 aliphatic carbocycles. The fourth-order valence-electron chi connectivity index (χ4n) is 3.70. The number of fused-ring (bicyclic) bond motifs is 1. The minimum Gasteiger partial charge on any atom is -0.371 e. The number of carbonyl (C=O) groups excluding carboxylic acids is 1. The van der Waals surface area contributed by atoms with E-state index in [0.29, 0.717) is 40.8 Å². The molecular formula is C23H25N5OS. The van der Waals surface area contributed by atoms with Crippen LogP contribution < -0.4 is 4.90 Å². The number of pyridine rings is 1. The first kappa shape index (κ1) is 21.7. The van der Waals surface area contributed by atoms with Crippen molar-refractivity contribution in [2.75, 3.05) is 25.5 Å². The summed E-state index contributed by atoms with van der Waals surface area (Å²) in [6, 6.07) is 8.66. The van der Waals surface area contributed by atoms with Gasteiger partial charge in [-0.15, -0.1) is 11.8 Å². The molecule has 0 saturated carbocycles. The quantitative estimate of drug-likeness (QED) is 0.533. The number of nitrogens with zero attached hydrogens (tertiary/aromatic N) is 5. The average Bonchev–Trinajstić information content (AvgIpc) is 2.75. The molecule has 0 fully saturated rings. The zero-order chi connectivity index (χ0) is 21.8. The second kappa shape index (κ2) is 9.19. The number of hydrogen-bond donors (Lipinski definition) is 0. The minimum atomic E-state index is 0.113. The van der Waals surface area contributed by atoms with Crippen LogP contribution in [0.1, 0.15) is 41.7 Å². The van der Waals surface area contributed by atoms with Crippen LogP contribution in [0.15, 0.2) is 23.2 Å². The predicted molar refractivity (Wildman–Crippen MR) is 120 cm³/mol. The Bertz CT molecular complexity index is 1060. The highest BCUT2D eigenvalue weighted by Crippen LogP contribution is 2.38. The summed E-state index contributed by atoms with van der Waals surface area (Å²) in [6.45, 7) is 12.5. The van der Waals surface area contributed by atoms with Gasteiger partial charge in [0.2, 0.25) is 11.6 Å². The maximum atomic E-state index is 11.6. The highest BCUT2D eigenvalue weighted by Gasteiger charge is 2.21. The lowest BCUT2D eigenvalue weighted by Crippen LogP contribution is -2.34. The smallest absolute Gasteiger partial charge is 0.232 e. The lowest BCUT2D eigenvalue weighted by atomic mass is 9.98. The van der Waals surface area contributed by atoms with Crippen LogP contribution in [0.5, 0.6) is 0 Å². The van der Waals surface area contributed by atoms with Crippen LogP contribution >= 0.6 is 11.8 Å². The highest BCUT2D eigenvalue weighted by molar-refractivity contribution is 7.98. The second-order valence-electron chi connectivity index (χ2n) is 7.50. The molecule has 1 aromatic heterocycles. The maximum Gasteiger partial charge on any atom is 0.232 e. The number of carbonyl (C=O) groups is 1. The van der Waals surface area contributed by atoms with E-state index >= 15 is 0 Å². The van der Waals surface area contributed by atoms with Gasteiger partial charge < -0.3 is 9.80 Å². The molecule has 154 valence electrons. The van der Waals surface area contributed by atoms with Crippen molar-refractivity contribution in [3.63, 3.8) is 0 Å². The van der Waals surface area contributed by atoms with Crippen molar-refractivity contribution in [3.05, 3.63) is 57.4 Å². The predicted octanol–water partition coefficient (Wildman–Crippen LogP) is 4.33. The van der Waals surface area contributed by atoms with E-state index in [9.17, 15) is 10.1 Å². The van der Waals surface area contributed by atoms with E-state index in [2.05, 4.69) is 34.1 Å². The van der Waals surface area contributed by atoms with Gasteiger partial charge in [0.15, 0.2) is 0 Å². The molecule has 0 atom stereocenters. The molecule has 0 bridgehead atoms. The zero-order valence-corrected chi connectivity index (χ0v) is 18.6. The summed E-state index contributed by atoms with van der Waals surface area (Å²) in [7, 11) is 3.73. The second-order valence-corrected chi connectivity index (χ2v) is 8.46. The summed E-state index contributed by atoms with van der Waals surface area (Å²) in [5.74, 6) is 1.42. The van der Waals surface area contributed by atoms with E-state index in [1.165, 1.54) is 28.5 Å². The zero-order valence-electron chi connectivity index (χ0n) is 17.8. The Morgan fingerprint density at radius 3 is 2.77 bits per heavy atom. The van der Waals surface area contributed by atoms with Crippen LogP contribution in [0.25, 0.3) is 4.85 Å². The summed E-state index contributed by atoms with van der Waals surface area (Å²) in [6.07, 6.45) is 1.47. The summed E-state index contributed by atoms with van der Waals surface area (Å²) >= 11 is 1.53. The average molecular weight is 420 g/mol. The van der Waals surface area contributed by atoms with Gasteiger partial charge in [0, 0.05) is 39.9 Å². The van der Waals surface area contributed by atoms with Gasteiger partial charge in [-0.25, -0.2) is 9.83 Å². The van der Waals surface area contributed by atoms with Gasteiger partial charge >= 0.3 is 0 Å². The number of anilines is 1. The lowest BCUT2D eigenvalue weighted by Gasteiger charge is -2.28. The van der Waals surface area contributed by atoms with E-state index in [4.69, 9.17) is 6.57 Å². The van der Waals surface area contributed by atoms with Crippen molar-refractivity contribution < 1.29 is 4.79 Å². The maximum absolute atomic E-state index is 11.6. The van der Waals surface area contributed by atoms with Crippen LogP contribution in [-0.2, 0) is 29.9 Å². The number of hydrogen-bond acceptors (Lipinski definition) is 5. The Kier molecular flexibility index (Phi) is 6.64. The van der Waals surface area contributed by atoms with Gasteiger partial charge in [0.05, 0.1) is 12.1 Å². The monoisotopic (exact) mass is 419 g/mol. The Balaban J connectivity index is 1.88. The Morgan fingerprint density at radius 1 is 1.40 bits per heavy atom. The molecule has 30 heavy (non-hydrogen) atoms. The molecule has 0 unspecified atom stereocenters. The molecule has 1 aliphatic heterocycles. The molecule has 6 nitrogen and oxygen atoms in total. The van der Waals surface area contributed by atoms with Gasteiger partial charge in [-0.1, -0.05) is 25.1 Å². The third-order valence-electron chi connectivity index (χ3n) is 5.33. The topological polar surface area (TPSA) is 64.6 Å². The van der Waals surface area contributed by atoms with Crippen LogP contribution in [0, 0.1) is 17.9 Å². The van der Waals surface area contributed by atoms with Gasteiger partial charge in [-0.3, -0.25) is 4.79 Å². The summed E-state index contributed by atoms with van der Waals surface area (Å²) in [4.78, 5) is 23.7. The van der Waals surface area contributed by atoms with Gasteiger partial charge in [-0.2, -0.15) is 5.26 Å². The van der Waals surface area contributed by atoms with Crippen LogP contribution in [0.2, 0.25) is 0 Å². The van der Waals surface area contributed by atoms with Crippen molar-refractivity contribution >= 4 is 29.2 Å². The molecule has 1 amide bonds. The number of aromatic nitrogens is 1. The number of thioether (sulfide) groups is 1. The first-order valence-electron chi connectivity index (χ1n) is 9.90. The molecule has 2 aromatic rings. The van der Waals surface area contributed by atoms with E-state index in [0.717, 1.165) is 18.5 Å². The molecule has 3 rings (SSSR count). The normalized spacial score (nSPS) is 12.7. The number of rotatable bonds is 5. The van der Waals surface area contributed by atoms with E-state index in [1.54, 1.807) is 6.92 Å². The first-order chi connectivity index (χ1) is 14.4. The molecule has 0 saturated heterocycles. The van der Waals surface area contributed by atoms with Crippen molar-refractivity contribution in [1.82, 2.24) is 9.88 Å². The van der Waals surface area contributed by atoms with Gasteiger partial charge in [0.1, 0.15) is 16.9 Å². The van der Waals surface area contributed by atoms with Crippen molar-refractivity contribution in [2.45, 2.75) is 44.0 Å². The van der Waals surface area contributed by atoms with E-state index in [1.807, 2.05) is 30.8 Å². The molecule has 2 heterocycles. The van der Waals surface area contributed by atoms with E-state index in [-0.39, 0.29) is 5.91 Å². The molecular weight excluding hydrogens is 394 g/mol. The fraction of sp³-hybridized carbons (Fsp3) is 0.391. The SMILES string of the molecule is [C-]#[N+]c1c(N(C)C)nc(SCc2ccc3c(c2)CCN(C(C)=O)C3)c(C#N)c1CC. The molecule has 1 aliphatic rings. The van der Waals surface area contributed by atoms with Crippen molar-refractivity contribution in [2.24, 2.45) is 0 Å². The van der Waals surface area contributed by atoms with Crippen molar-refractivity contribution in [1.29, 1.82) is 5.26 Å². The number of nitriles is 1. The minimum absolute atomic E-state index is 0.113. The largest absolute Gasteiger partial charge is 0.371 e. The fourth-order valence-corrected chi connectivity index (χ4v) is 4.64. The summed E-state index contributed by atoms with van der Waals surface area (Å²) < 4.78 is 0. The molecule has 0 N–H and O–H groups in total. The van der Waals surface area contributed by atoms with Crippen LogP contribution in [0.3, 0.4) is 0 Å². The van der Waals surface area contributed by atoms with Crippen LogP contribution in [0.4, 0.5) is 11.5 Å². The Morgan fingerprint density at radius 2 is 2.17 bits per heavy atom.